The minimum absolute atomic E-state index is 0.0453. The van der Waals surface area contributed by atoms with E-state index in [9.17, 15) is 4.79 Å². The van der Waals surface area contributed by atoms with E-state index in [1.54, 1.807) is 14.0 Å². The number of rotatable bonds is 5. The summed E-state index contributed by atoms with van der Waals surface area (Å²) in [5, 5.41) is 2.98. The smallest absolute Gasteiger partial charge is 0.252 e. The summed E-state index contributed by atoms with van der Waals surface area (Å²) in [6.07, 6.45) is 0.639. The molecular formula is C14H20BrNO2. The minimum Gasteiger partial charge on any atom is -0.369 e. The van der Waals surface area contributed by atoms with Gasteiger partial charge in [-0.3, -0.25) is 4.79 Å². The molecule has 0 saturated heterocycles. The Balaban J connectivity index is 2.76. The largest absolute Gasteiger partial charge is 0.369 e. The van der Waals surface area contributed by atoms with Crippen molar-refractivity contribution in [2.75, 3.05) is 7.11 Å². The average Bonchev–Trinajstić information content (AvgIpc) is 2.37. The molecule has 0 fully saturated rings. The van der Waals surface area contributed by atoms with Gasteiger partial charge in [-0.2, -0.15) is 0 Å². The maximum absolute atomic E-state index is 12.1. The number of carbonyl (C=O) groups excluding carboxylic acids is 1. The van der Waals surface area contributed by atoms with Gasteiger partial charge in [0, 0.05) is 11.6 Å². The van der Waals surface area contributed by atoms with Crippen LogP contribution in [-0.2, 0) is 9.53 Å². The molecule has 0 aliphatic rings. The highest BCUT2D eigenvalue weighted by atomic mass is 79.9. The molecule has 0 aliphatic carbocycles. The second-order valence-corrected chi connectivity index (χ2v) is 5.45. The Hall–Kier alpha value is -0.870. The molecule has 0 aliphatic heterocycles. The van der Waals surface area contributed by atoms with E-state index in [1.165, 1.54) is 0 Å². The molecule has 1 rings (SSSR count). The van der Waals surface area contributed by atoms with Gasteiger partial charge >= 0.3 is 0 Å². The monoisotopic (exact) mass is 313 g/mol. The standard InChI is InChI=1S/C14H20BrNO2/c1-5-14(3,18-4)13(17)16-10(2)11-7-6-8-12(15)9-11/h6-10H,5H2,1-4H3,(H,16,17). The van der Waals surface area contributed by atoms with Crippen LogP contribution in [0.4, 0.5) is 0 Å². The van der Waals surface area contributed by atoms with Crippen LogP contribution in [0.5, 0.6) is 0 Å². The van der Waals surface area contributed by atoms with Crippen LogP contribution in [-0.4, -0.2) is 18.6 Å². The first-order valence-corrected chi connectivity index (χ1v) is 6.84. The van der Waals surface area contributed by atoms with Crippen LogP contribution in [0.3, 0.4) is 0 Å². The summed E-state index contributed by atoms with van der Waals surface area (Å²) in [7, 11) is 1.56. The van der Waals surface area contributed by atoms with Crippen LogP contribution >= 0.6 is 15.9 Å². The lowest BCUT2D eigenvalue weighted by molar-refractivity contribution is -0.142. The van der Waals surface area contributed by atoms with Crippen molar-refractivity contribution in [1.29, 1.82) is 0 Å². The van der Waals surface area contributed by atoms with E-state index >= 15 is 0 Å². The zero-order chi connectivity index (χ0) is 13.8. The topological polar surface area (TPSA) is 38.3 Å². The lowest BCUT2D eigenvalue weighted by Crippen LogP contribution is -2.46. The fourth-order valence-corrected chi connectivity index (χ4v) is 2.02. The summed E-state index contributed by atoms with van der Waals surface area (Å²) >= 11 is 3.43. The molecule has 0 bridgehead atoms. The van der Waals surface area contributed by atoms with Gasteiger partial charge in [0.1, 0.15) is 5.60 Å². The number of carbonyl (C=O) groups is 1. The summed E-state index contributed by atoms with van der Waals surface area (Å²) in [6.45, 7) is 5.70. The molecule has 18 heavy (non-hydrogen) atoms. The maximum Gasteiger partial charge on any atom is 0.252 e. The molecule has 0 radical (unpaired) electrons. The Labute approximate surface area is 117 Å². The number of ether oxygens (including phenoxy) is 1. The zero-order valence-electron chi connectivity index (χ0n) is 11.3. The lowest BCUT2D eigenvalue weighted by Gasteiger charge is -2.27. The van der Waals surface area contributed by atoms with Gasteiger partial charge in [-0.25, -0.2) is 0 Å². The van der Waals surface area contributed by atoms with Crippen molar-refractivity contribution >= 4 is 21.8 Å². The van der Waals surface area contributed by atoms with E-state index in [-0.39, 0.29) is 11.9 Å². The second-order valence-electron chi connectivity index (χ2n) is 4.54. The molecule has 100 valence electrons. The van der Waals surface area contributed by atoms with Crippen molar-refractivity contribution in [3.8, 4) is 0 Å². The molecule has 0 saturated carbocycles. The number of amides is 1. The van der Waals surface area contributed by atoms with Crippen molar-refractivity contribution < 1.29 is 9.53 Å². The maximum atomic E-state index is 12.1. The summed E-state index contributed by atoms with van der Waals surface area (Å²) in [5.74, 6) is -0.0834. The van der Waals surface area contributed by atoms with E-state index in [2.05, 4.69) is 21.2 Å². The predicted octanol–water partition coefficient (Wildman–Crippen LogP) is 3.44. The Morgan fingerprint density at radius 2 is 2.22 bits per heavy atom. The van der Waals surface area contributed by atoms with Crippen LogP contribution in [0.1, 0.15) is 38.8 Å². The van der Waals surface area contributed by atoms with E-state index in [4.69, 9.17) is 4.74 Å². The van der Waals surface area contributed by atoms with Gasteiger partial charge in [-0.15, -0.1) is 0 Å². The van der Waals surface area contributed by atoms with Crippen LogP contribution in [0.15, 0.2) is 28.7 Å². The molecule has 0 aromatic heterocycles. The van der Waals surface area contributed by atoms with Crippen molar-refractivity contribution in [1.82, 2.24) is 5.32 Å². The Bertz CT molecular complexity index is 416. The van der Waals surface area contributed by atoms with Gasteiger partial charge in [-0.1, -0.05) is 35.0 Å². The summed E-state index contributed by atoms with van der Waals surface area (Å²) in [6, 6.07) is 7.86. The molecule has 1 N–H and O–H groups in total. The summed E-state index contributed by atoms with van der Waals surface area (Å²) < 4.78 is 6.29. The molecule has 1 aromatic carbocycles. The molecule has 0 heterocycles. The van der Waals surface area contributed by atoms with Gasteiger partial charge in [0.2, 0.25) is 0 Å². The molecule has 1 aromatic rings. The lowest BCUT2D eigenvalue weighted by atomic mass is 10.0. The van der Waals surface area contributed by atoms with E-state index in [0.717, 1.165) is 10.0 Å². The van der Waals surface area contributed by atoms with E-state index in [0.29, 0.717) is 6.42 Å². The van der Waals surface area contributed by atoms with Gasteiger partial charge in [0.25, 0.3) is 5.91 Å². The molecule has 1 amide bonds. The number of methoxy groups -OCH3 is 1. The summed E-state index contributed by atoms with van der Waals surface area (Å²) in [5.41, 5.74) is 0.299. The first-order chi connectivity index (χ1) is 8.42. The number of hydrogen-bond acceptors (Lipinski definition) is 2. The molecule has 2 unspecified atom stereocenters. The zero-order valence-corrected chi connectivity index (χ0v) is 12.9. The molecular weight excluding hydrogens is 294 g/mol. The highest BCUT2D eigenvalue weighted by Crippen LogP contribution is 2.20. The van der Waals surface area contributed by atoms with Crippen molar-refractivity contribution in [2.45, 2.75) is 38.8 Å². The fraction of sp³-hybridized carbons (Fsp3) is 0.500. The molecule has 3 nitrogen and oxygen atoms in total. The first kappa shape index (κ1) is 15.2. The van der Waals surface area contributed by atoms with Crippen molar-refractivity contribution in [3.63, 3.8) is 0 Å². The SMILES string of the molecule is CCC(C)(OC)C(=O)NC(C)c1cccc(Br)c1. The van der Waals surface area contributed by atoms with Crippen molar-refractivity contribution in [3.05, 3.63) is 34.3 Å². The third kappa shape index (κ3) is 3.56. The second kappa shape index (κ2) is 6.34. The quantitative estimate of drug-likeness (QED) is 0.904. The van der Waals surface area contributed by atoms with Crippen LogP contribution < -0.4 is 5.32 Å². The third-order valence-corrected chi connectivity index (χ3v) is 3.80. The minimum atomic E-state index is -0.764. The Morgan fingerprint density at radius 3 is 2.72 bits per heavy atom. The van der Waals surface area contributed by atoms with Gasteiger partial charge in [-0.05, 0) is 38.0 Å². The normalized spacial score (nSPS) is 15.8. The number of nitrogens with one attached hydrogen (secondary N) is 1. The van der Waals surface area contributed by atoms with E-state index in [1.807, 2.05) is 38.1 Å². The average molecular weight is 314 g/mol. The van der Waals surface area contributed by atoms with Crippen molar-refractivity contribution in [2.24, 2.45) is 0 Å². The van der Waals surface area contributed by atoms with Crippen LogP contribution in [0.25, 0.3) is 0 Å². The summed E-state index contributed by atoms with van der Waals surface area (Å²) in [4.78, 5) is 12.1. The molecule has 0 spiro atoms. The number of halogens is 1. The van der Waals surface area contributed by atoms with Crippen LogP contribution in [0.2, 0.25) is 0 Å². The number of benzene rings is 1. The Kier molecular flexibility index (Phi) is 5.35. The van der Waals surface area contributed by atoms with Gasteiger partial charge < -0.3 is 10.1 Å². The highest BCUT2D eigenvalue weighted by molar-refractivity contribution is 9.10. The molecule has 4 heteroatoms. The predicted molar refractivity (Wildman–Crippen MR) is 76.4 cm³/mol. The fourth-order valence-electron chi connectivity index (χ4n) is 1.61. The highest BCUT2D eigenvalue weighted by Gasteiger charge is 2.31. The first-order valence-electron chi connectivity index (χ1n) is 6.04. The number of hydrogen-bond donors (Lipinski definition) is 1. The van der Waals surface area contributed by atoms with Gasteiger partial charge in [0.15, 0.2) is 0 Å². The van der Waals surface area contributed by atoms with Crippen LogP contribution in [0, 0.1) is 0 Å². The third-order valence-electron chi connectivity index (χ3n) is 3.30. The van der Waals surface area contributed by atoms with Gasteiger partial charge in [0.05, 0.1) is 6.04 Å². The Morgan fingerprint density at radius 1 is 1.56 bits per heavy atom. The molecule has 2 atom stereocenters. The van der Waals surface area contributed by atoms with E-state index < -0.39 is 5.60 Å².